The Morgan fingerprint density at radius 3 is 2.61 bits per heavy atom. The van der Waals surface area contributed by atoms with Gasteiger partial charge in [-0.3, -0.25) is 10.1 Å². The predicted molar refractivity (Wildman–Crippen MR) is 118 cm³/mol. The Bertz CT molecular complexity index is 964. The number of carbonyl (C=O) groups is 1. The topological polar surface area (TPSA) is 80.3 Å². The van der Waals surface area contributed by atoms with Gasteiger partial charge in [0.1, 0.15) is 12.4 Å². The lowest BCUT2D eigenvalue weighted by atomic mass is 9.94. The van der Waals surface area contributed by atoms with Crippen LogP contribution in [0.1, 0.15) is 30.4 Å². The monoisotopic (exact) mass is 420 g/mol. The third-order valence-electron chi connectivity index (χ3n) is 5.69. The van der Waals surface area contributed by atoms with Crippen LogP contribution >= 0.6 is 0 Å². The molecular formula is C24H28N4O3. The van der Waals surface area contributed by atoms with Crippen LogP contribution in [0.2, 0.25) is 0 Å². The first kappa shape index (κ1) is 20.9. The van der Waals surface area contributed by atoms with E-state index in [9.17, 15) is 4.79 Å². The molecule has 0 spiro atoms. The molecular weight excluding hydrogens is 392 g/mol. The number of hydrogen-bond acceptors (Lipinski definition) is 5. The van der Waals surface area contributed by atoms with Crippen molar-refractivity contribution >= 4 is 6.09 Å². The van der Waals surface area contributed by atoms with Crippen LogP contribution in [-0.4, -0.2) is 45.9 Å². The molecule has 2 aromatic heterocycles. The van der Waals surface area contributed by atoms with Gasteiger partial charge in [0, 0.05) is 13.1 Å². The summed E-state index contributed by atoms with van der Waals surface area (Å²) >= 11 is 0. The van der Waals surface area contributed by atoms with E-state index in [-0.39, 0.29) is 6.09 Å². The molecule has 0 radical (unpaired) electrons. The molecule has 1 saturated heterocycles. The van der Waals surface area contributed by atoms with Crippen molar-refractivity contribution in [2.75, 3.05) is 19.7 Å². The van der Waals surface area contributed by atoms with Crippen molar-refractivity contribution in [3.63, 3.8) is 0 Å². The maximum atomic E-state index is 12.3. The van der Waals surface area contributed by atoms with Crippen molar-refractivity contribution in [1.82, 2.24) is 20.1 Å². The molecule has 1 aromatic carbocycles. The summed E-state index contributed by atoms with van der Waals surface area (Å²) in [4.78, 5) is 18.5. The summed E-state index contributed by atoms with van der Waals surface area (Å²) in [7, 11) is 0. The van der Waals surface area contributed by atoms with Crippen molar-refractivity contribution in [3.05, 3.63) is 66.0 Å². The molecule has 0 atom stereocenters. The number of ether oxygens (including phenoxy) is 2. The molecule has 7 heteroatoms. The summed E-state index contributed by atoms with van der Waals surface area (Å²) in [6.45, 7) is 4.43. The zero-order valence-corrected chi connectivity index (χ0v) is 17.8. The molecule has 4 rings (SSSR count). The highest BCUT2D eigenvalue weighted by atomic mass is 16.6. The lowest BCUT2D eigenvalue weighted by Crippen LogP contribution is -2.39. The first-order valence-corrected chi connectivity index (χ1v) is 10.7. The third-order valence-corrected chi connectivity index (χ3v) is 5.69. The average molecular weight is 421 g/mol. The highest BCUT2D eigenvalue weighted by molar-refractivity contribution is 5.67. The zero-order valence-electron chi connectivity index (χ0n) is 17.8. The number of nitrogens with zero attached hydrogens (tertiary/aromatic N) is 3. The van der Waals surface area contributed by atoms with Crippen LogP contribution in [0.4, 0.5) is 4.79 Å². The molecule has 1 aliphatic rings. The number of aromatic nitrogens is 3. The molecule has 0 bridgehead atoms. The number of rotatable bonds is 7. The van der Waals surface area contributed by atoms with Crippen molar-refractivity contribution in [3.8, 4) is 17.1 Å². The van der Waals surface area contributed by atoms with E-state index in [1.54, 1.807) is 17.3 Å². The van der Waals surface area contributed by atoms with Gasteiger partial charge in [0.2, 0.25) is 0 Å². The Labute approximate surface area is 182 Å². The Balaban J connectivity index is 1.15. The van der Waals surface area contributed by atoms with E-state index >= 15 is 0 Å². The minimum atomic E-state index is -0.225. The van der Waals surface area contributed by atoms with E-state index in [1.807, 2.05) is 49.4 Å². The number of pyridine rings is 1. The van der Waals surface area contributed by atoms with Crippen molar-refractivity contribution in [1.29, 1.82) is 0 Å². The Kier molecular flexibility index (Phi) is 6.82. The number of aromatic amines is 1. The van der Waals surface area contributed by atoms with Crippen LogP contribution in [0.15, 0.2) is 54.9 Å². The van der Waals surface area contributed by atoms with Crippen LogP contribution < -0.4 is 4.74 Å². The third kappa shape index (κ3) is 5.63. The van der Waals surface area contributed by atoms with Crippen LogP contribution in [-0.2, 0) is 11.3 Å². The van der Waals surface area contributed by atoms with E-state index in [0.717, 1.165) is 60.6 Å². The van der Waals surface area contributed by atoms with E-state index in [0.29, 0.717) is 19.1 Å². The van der Waals surface area contributed by atoms with Crippen molar-refractivity contribution in [2.45, 2.75) is 32.8 Å². The SMILES string of the molecule is Cc1cn[nH]c1-c1ccc(OCCC2CCN(C(=O)OCc3ccccc3)CC2)cn1. The largest absolute Gasteiger partial charge is 0.492 e. The van der Waals surface area contributed by atoms with Crippen LogP contribution in [0.3, 0.4) is 0 Å². The summed E-state index contributed by atoms with van der Waals surface area (Å²) in [6, 6.07) is 13.6. The van der Waals surface area contributed by atoms with E-state index in [4.69, 9.17) is 9.47 Å². The Hall–Kier alpha value is -3.35. The quantitative estimate of drug-likeness (QED) is 0.604. The molecule has 1 amide bonds. The Morgan fingerprint density at radius 1 is 1.13 bits per heavy atom. The van der Waals surface area contributed by atoms with Crippen LogP contribution in [0.25, 0.3) is 11.4 Å². The average Bonchev–Trinajstić information content (AvgIpc) is 3.25. The number of carbonyl (C=O) groups excluding carboxylic acids is 1. The zero-order chi connectivity index (χ0) is 21.5. The van der Waals surface area contributed by atoms with Gasteiger partial charge in [-0.25, -0.2) is 4.79 Å². The first-order chi connectivity index (χ1) is 15.2. The number of hydrogen-bond donors (Lipinski definition) is 1. The minimum Gasteiger partial charge on any atom is -0.492 e. The fourth-order valence-corrected chi connectivity index (χ4v) is 3.78. The number of benzene rings is 1. The lowest BCUT2D eigenvalue weighted by Gasteiger charge is -2.31. The molecule has 1 N–H and O–H groups in total. The molecule has 31 heavy (non-hydrogen) atoms. The summed E-state index contributed by atoms with van der Waals surface area (Å²) in [6.07, 6.45) is 6.22. The predicted octanol–water partition coefficient (Wildman–Crippen LogP) is 4.60. The van der Waals surface area contributed by atoms with Gasteiger partial charge >= 0.3 is 6.09 Å². The number of piperidine rings is 1. The van der Waals surface area contributed by atoms with Crippen molar-refractivity contribution in [2.24, 2.45) is 5.92 Å². The van der Waals surface area contributed by atoms with Gasteiger partial charge in [0.15, 0.2) is 0 Å². The van der Waals surface area contributed by atoms with Gasteiger partial charge in [-0.05, 0) is 55.4 Å². The van der Waals surface area contributed by atoms with Gasteiger partial charge in [0.05, 0.1) is 30.4 Å². The number of H-pyrrole nitrogens is 1. The highest BCUT2D eigenvalue weighted by Crippen LogP contribution is 2.23. The van der Waals surface area contributed by atoms with Crippen LogP contribution in [0, 0.1) is 12.8 Å². The maximum Gasteiger partial charge on any atom is 0.410 e. The number of amides is 1. The summed E-state index contributed by atoms with van der Waals surface area (Å²) < 4.78 is 11.3. The van der Waals surface area contributed by atoms with E-state index in [1.165, 1.54) is 0 Å². The minimum absolute atomic E-state index is 0.225. The fraction of sp³-hybridized carbons (Fsp3) is 0.375. The summed E-state index contributed by atoms with van der Waals surface area (Å²) in [5.41, 5.74) is 3.86. The Morgan fingerprint density at radius 2 is 1.94 bits per heavy atom. The lowest BCUT2D eigenvalue weighted by molar-refractivity contribution is 0.0800. The van der Waals surface area contributed by atoms with E-state index < -0.39 is 0 Å². The summed E-state index contributed by atoms with van der Waals surface area (Å²) in [5, 5.41) is 7.00. The highest BCUT2D eigenvalue weighted by Gasteiger charge is 2.23. The fourth-order valence-electron chi connectivity index (χ4n) is 3.78. The van der Waals surface area contributed by atoms with Crippen LogP contribution in [0.5, 0.6) is 5.75 Å². The molecule has 0 saturated carbocycles. The second-order valence-electron chi connectivity index (χ2n) is 7.91. The molecule has 162 valence electrons. The van der Waals surface area contributed by atoms with Gasteiger partial charge < -0.3 is 14.4 Å². The normalized spacial score (nSPS) is 14.4. The van der Waals surface area contributed by atoms with Gasteiger partial charge in [-0.2, -0.15) is 5.10 Å². The van der Waals surface area contributed by atoms with Gasteiger partial charge in [-0.1, -0.05) is 30.3 Å². The summed E-state index contributed by atoms with van der Waals surface area (Å²) in [5.74, 6) is 1.32. The molecule has 0 unspecified atom stereocenters. The van der Waals surface area contributed by atoms with E-state index in [2.05, 4.69) is 15.2 Å². The van der Waals surface area contributed by atoms with Crippen molar-refractivity contribution < 1.29 is 14.3 Å². The van der Waals surface area contributed by atoms with Gasteiger partial charge in [0.25, 0.3) is 0 Å². The molecule has 1 aliphatic heterocycles. The maximum absolute atomic E-state index is 12.3. The second-order valence-corrected chi connectivity index (χ2v) is 7.91. The standard InChI is InChI=1S/C24H28N4O3/c1-18-15-26-27-23(18)22-8-7-21(16-25-22)30-14-11-19-9-12-28(13-10-19)24(29)31-17-20-5-3-2-4-6-20/h2-8,15-16,19H,9-14,17H2,1H3,(H,26,27). The smallest absolute Gasteiger partial charge is 0.410 e. The van der Waals surface area contributed by atoms with Gasteiger partial charge in [-0.15, -0.1) is 0 Å². The molecule has 0 aliphatic carbocycles. The molecule has 3 heterocycles. The number of aryl methyl sites for hydroxylation is 1. The first-order valence-electron chi connectivity index (χ1n) is 10.7. The number of nitrogens with one attached hydrogen (secondary N) is 1. The molecule has 3 aromatic rings. The number of likely N-dealkylation sites (tertiary alicyclic amines) is 1. The molecule has 1 fully saturated rings. The second kappa shape index (κ2) is 10.1. The molecule has 7 nitrogen and oxygen atoms in total.